The summed E-state index contributed by atoms with van der Waals surface area (Å²) in [5.41, 5.74) is 2.48. The first-order valence-electron chi connectivity index (χ1n) is 8.61. The fourth-order valence-electron chi connectivity index (χ4n) is 3.07. The molecule has 150 valence electrons. The van der Waals surface area contributed by atoms with Gasteiger partial charge in [0.15, 0.2) is 0 Å². The summed E-state index contributed by atoms with van der Waals surface area (Å²) < 4.78 is 0. The van der Waals surface area contributed by atoms with Crippen LogP contribution in [0.1, 0.15) is 18.9 Å². The van der Waals surface area contributed by atoms with Crippen molar-refractivity contribution >= 4 is 63.6 Å². The van der Waals surface area contributed by atoms with Gasteiger partial charge in [0.05, 0.1) is 5.02 Å². The van der Waals surface area contributed by atoms with E-state index in [0.717, 1.165) is 0 Å². The molecule has 0 aromatic heterocycles. The Hall–Kier alpha value is -3.03. The molecule has 0 aliphatic carbocycles. The fraction of sp³-hybridized carbons (Fsp3) is 0.150. The van der Waals surface area contributed by atoms with Crippen molar-refractivity contribution in [2.75, 3.05) is 16.0 Å². The summed E-state index contributed by atoms with van der Waals surface area (Å²) in [6.07, 6.45) is 1.39. The summed E-state index contributed by atoms with van der Waals surface area (Å²) >= 11 is 12.3. The molecule has 7 nitrogen and oxygen atoms in total. The quantitative estimate of drug-likeness (QED) is 0.539. The number of anilines is 3. The molecule has 2 aromatic carbocycles. The molecule has 0 bridgehead atoms. The van der Waals surface area contributed by atoms with E-state index in [1.54, 1.807) is 30.3 Å². The van der Waals surface area contributed by atoms with Crippen molar-refractivity contribution in [3.8, 4) is 0 Å². The van der Waals surface area contributed by atoms with E-state index in [9.17, 15) is 19.5 Å². The standard InChI is InChI=1S/C20H17Cl2N3O4/c1-10(26)23-13-3-2-4-14(9-13)24-18(27)6-11-5-17(20(28)29)25-16-8-12(21)7-15(22)19(11)16/h2-4,6-9,17,25H,5H2,1H3,(H,23,26)(H,24,27)(H,28,29). The third kappa shape index (κ3) is 5.07. The van der Waals surface area contributed by atoms with Crippen LogP contribution in [-0.2, 0) is 14.4 Å². The number of carboxylic acids is 1. The van der Waals surface area contributed by atoms with Gasteiger partial charge in [-0.1, -0.05) is 29.3 Å². The van der Waals surface area contributed by atoms with Crippen molar-refractivity contribution in [1.29, 1.82) is 0 Å². The molecule has 1 atom stereocenters. The van der Waals surface area contributed by atoms with Gasteiger partial charge in [-0.3, -0.25) is 9.59 Å². The minimum absolute atomic E-state index is 0.0725. The van der Waals surface area contributed by atoms with E-state index in [1.807, 2.05) is 0 Å². The summed E-state index contributed by atoms with van der Waals surface area (Å²) in [5.74, 6) is -1.74. The number of aliphatic carboxylic acids is 1. The number of benzene rings is 2. The highest BCUT2D eigenvalue weighted by Gasteiger charge is 2.29. The fourth-order valence-corrected chi connectivity index (χ4v) is 3.68. The molecule has 29 heavy (non-hydrogen) atoms. The van der Waals surface area contributed by atoms with Gasteiger partial charge in [0.2, 0.25) is 11.8 Å². The molecule has 2 aromatic rings. The van der Waals surface area contributed by atoms with Gasteiger partial charge < -0.3 is 21.1 Å². The average Bonchev–Trinajstić information content (AvgIpc) is 2.60. The van der Waals surface area contributed by atoms with E-state index < -0.39 is 17.9 Å². The van der Waals surface area contributed by atoms with E-state index in [0.29, 0.717) is 38.2 Å². The maximum atomic E-state index is 12.6. The molecule has 1 aliphatic rings. The lowest BCUT2D eigenvalue weighted by Crippen LogP contribution is -2.33. The molecule has 9 heteroatoms. The molecule has 3 rings (SSSR count). The first-order chi connectivity index (χ1) is 13.7. The predicted molar refractivity (Wildman–Crippen MR) is 113 cm³/mol. The highest BCUT2D eigenvalue weighted by Crippen LogP contribution is 2.40. The Labute approximate surface area is 176 Å². The van der Waals surface area contributed by atoms with Crippen LogP contribution in [0.5, 0.6) is 0 Å². The van der Waals surface area contributed by atoms with Gasteiger partial charge in [0.1, 0.15) is 6.04 Å². The normalized spacial score (nSPS) is 16.5. The zero-order valence-electron chi connectivity index (χ0n) is 15.3. The maximum absolute atomic E-state index is 12.6. The van der Waals surface area contributed by atoms with Gasteiger partial charge in [0.25, 0.3) is 0 Å². The van der Waals surface area contributed by atoms with Gasteiger partial charge >= 0.3 is 5.97 Å². The number of hydrogen-bond donors (Lipinski definition) is 4. The van der Waals surface area contributed by atoms with Crippen molar-refractivity contribution in [1.82, 2.24) is 0 Å². The summed E-state index contributed by atoms with van der Waals surface area (Å²) in [7, 11) is 0. The van der Waals surface area contributed by atoms with Crippen LogP contribution in [0.3, 0.4) is 0 Å². The van der Waals surface area contributed by atoms with Crippen molar-refractivity contribution in [2.24, 2.45) is 0 Å². The lowest BCUT2D eigenvalue weighted by atomic mass is 9.92. The minimum Gasteiger partial charge on any atom is -0.480 e. The molecule has 0 saturated heterocycles. The van der Waals surface area contributed by atoms with E-state index in [-0.39, 0.29) is 12.3 Å². The van der Waals surface area contributed by atoms with Gasteiger partial charge in [-0.15, -0.1) is 0 Å². The smallest absolute Gasteiger partial charge is 0.326 e. The zero-order valence-corrected chi connectivity index (χ0v) is 16.8. The second-order valence-corrected chi connectivity index (χ2v) is 7.31. The third-order valence-corrected chi connectivity index (χ3v) is 4.70. The highest BCUT2D eigenvalue weighted by atomic mass is 35.5. The average molecular weight is 434 g/mol. The second-order valence-electron chi connectivity index (χ2n) is 6.47. The number of carbonyl (C=O) groups excluding carboxylic acids is 2. The second kappa shape index (κ2) is 8.55. The van der Waals surface area contributed by atoms with Gasteiger partial charge in [-0.05, 0) is 35.9 Å². The van der Waals surface area contributed by atoms with Crippen LogP contribution in [0.15, 0.2) is 42.5 Å². The number of carboxylic acid groups (broad SMARTS) is 1. The topological polar surface area (TPSA) is 108 Å². The molecule has 2 amide bonds. The Bertz CT molecular complexity index is 1040. The number of amides is 2. The van der Waals surface area contributed by atoms with Crippen LogP contribution in [0, 0.1) is 0 Å². The number of halogens is 2. The number of nitrogens with one attached hydrogen (secondary N) is 3. The Morgan fingerprint density at radius 3 is 2.48 bits per heavy atom. The maximum Gasteiger partial charge on any atom is 0.326 e. The Balaban J connectivity index is 1.90. The molecule has 4 N–H and O–H groups in total. The highest BCUT2D eigenvalue weighted by molar-refractivity contribution is 6.36. The largest absolute Gasteiger partial charge is 0.480 e. The van der Waals surface area contributed by atoms with Crippen molar-refractivity contribution in [3.05, 3.63) is 58.1 Å². The predicted octanol–water partition coefficient (Wildman–Crippen LogP) is 4.24. The third-order valence-electron chi connectivity index (χ3n) is 4.18. The number of hydrogen-bond acceptors (Lipinski definition) is 4. The first-order valence-corrected chi connectivity index (χ1v) is 9.36. The van der Waals surface area contributed by atoms with Crippen molar-refractivity contribution in [2.45, 2.75) is 19.4 Å². The lowest BCUT2D eigenvalue weighted by Gasteiger charge is -2.27. The molecule has 0 spiro atoms. The Kier molecular flexibility index (Phi) is 6.10. The van der Waals surface area contributed by atoms with E-state index in [1.165, 1.54) is 19.1 Å². The van der Waals surface area contributed by atoms with Crippen LogP contribution in [-0.4, -0.2) is 28.9 Å². The summed E-state index contributed by atoms with van der Waals surface area (Å²) in [5, 5.41) is 18.3. The van der Waals surface area contributed by atoms with Crippen molar-refractivity contribution < 1.29 is 19.5 Å². The Morgan fingerprint density at radius 1 is 1.14 bits per heavy atom. The molecule has 0 fully saturated rings. The van der Waals surface area contributed by atoms with Gasteiger partial charge in [0, 0.05) is 47.1 Å². The van der Waals surface area contributed by atoms with Crippen molar-refractivity contribution in [3.63, 3.8) is 0 Å². The van der Waals surface area contributed by atoms with Crippen LogP contribution >= 0.6 is 23.2 Å². The van der Waals surface area contributed by atoms with Gasteiger partial charge in [-0.25, -0.2) is 4.79 Å². The van der Waals surface area contributed by atoms with Gasteiger partial charge in [-0.2, -0.15) is 0 Å². The first kappa shape index (κ1) is 20.7. The summed E-state index contributed by atoms with van der Waals surface area (Å²) in [6.45, 7) is 1.39. The van der Waals surface area contributed by atoms with Crippen LogP contribution in [0.2, 0.25) is 10.0 Å². The Morgan fingerprint density at radius 2 is 1.83 bits per heavy atom. The molecule has 1 unspecified atom stereocenters. The zero-order chi connectivity index (χ0) is 21.1. The molecule has 0 saturated carbocycles. The van der Waals surface area contributed by atoms with Crippen LogP contribution in [0.25, 0.3) is 5.57 Å². The summed E-state index contributed by atoms with van der Waals surface area (Å²) in [6, 6.07) is 8.85. The molecular weight excluding hydrogens is 417 g/mol. The van der Waals surface area contributed by atoms with Crippen LogP contribution in [0.4, 0.5) is 17.1 Å². The van der Waals surface area contributed by atoms with E-state index in [4.69, 9.17) is 23.2 Å². The minimum atomic E-state index is -1.05. The van der Waals surface area contributed by atoms with E-state index >= 15 is 0 Å². The number of rotatable bonds is 4. The molecule has 0 radical (unpaired) electrons. The monoisotopic (exact) mass is 433 g/mol. The number of fused-ring (bicyclic) bond motifs is 1. The molecular formula is C20H17Cl2N3O4. The molecule has 1 heterocycles. The molecule has 1 aliphatic heterocycles. The summed E-state index contributed by atoms with van der Waals surface area (Å²) in [4.78, 5) is 35.2. The number of carbonyl (C=O) groups is 3. The van der Waals surface area contributed by atoms with Crippen LogP contribution < -0.4 is 16.0 Å². The van der Waals surface area contributed by atoms with E-state index in [2.05, 4.69) is 16.0 Å². The lowest BCUT2D eigenvalue weighted by molar-refractivity contribution is -0.137. The SMILES string of the molecule is CC(=O)Nc1cccc(NC(=O)C=C2CC(C(=O)O)Nc3cc(Cl)cc(Cl)c32)c1.